The zero-order chi connectivity index (χ0) is 14.5. The molecule has 0 heterocycles. The van der Waals surface area contributed by atoms with Crippen LogP contribution in [-0.2, 0) is 9.05 Å². The van der Waals surface area contributed by atoms with Crippen molar-refractivity contribution in [3.63, 3.8) is 0 Å². The molecule has 17 heavy (non-hydrogen) atoms. The third-order valence-electron chi connectivity index (χ3n) is 4.81. The Kier molecular flexibility index (Phi) is 4.18. The first-order chi connectivity index (χ1) is 7.00. The van der Waals surface area contributed by atoms with Gasteiger partial charge in [0.2, 0.25) is 9.05 Å². The van der Waals surface area contributed by atoms with Gasteiger partial charge in [0.15, 0.2) is 0 Å². The van der Waals surface area contributed by atoms with Gasteiger partial charge in [-0.15, -0.1) is 0 Å². The van der Waals surface area contributed by atoms with Crippen molar-refractivity contribution in [1.29, 1.82) is 0 Å². The Bertz CT molecular complexity index is 367. The van der Waals surface area contributed by atoms with Crippen LogP contribution >= 0.6 is 10.7 Å². The van der Waals surface area contributed by atoms with E-state index in [1.54, 1.807) is 13.8 Å². The summed E-state index contributed by atoms with van der Waals surface area (Å²) in [4.78, 5) is 0. The summed E-state index contributed by atoms with van der Waals surface area (Å²) in [5.74, 6) is 0. The summed E-state index contributed by atoms with van der Waals surface area (Å²) in [6.07, 6.45) is 0. The standard InChI is InChI=1S/C13H27ClO2S/c1-10(2,3)13(9,11(4,5)6)12(7,8)17(14,15)16/h1-9H3. The maximum Gasteiger partial charge on any atom is 0.238 e. The average Bonchev–Trinajstić information content (AvgIpc) is 1.95. The SMILES string of the molecule is CC(C)(C)C(C)(C(C)(C)C)C(C)(C)S(=O)(=O)Cl. The second-order valence-corrected chi connectivity index (χ2v) is 10.7. The molecule has 0 rings (SSSR count). The number of rotatable bonds is 2. The highest BCUT2D eigenvalue weighted by molar-refractivity contribution is 8.14. The third kappa shape index (κ3) is 2.51. The highest BCUT2D eigenvalue weighted by Gasteiger charge is 2.60. The first kappa shape index (κ1) is 17.2. The van der Waals surface area contributed by atoms with Crippen molar-refractivity contribution < 1.29 is 8.42 Å². The normalized spacial score (nSPS) is 16.1. The van der Waals surface area contributed by atoms with Crippen LogP contribution in [0.2, 0.25) is 0 Å². The lowest BCUT2D eigenvalue weighted by molar-refractivity contribution is -0.0434. The van der Waals surface area contributed by atoms with Gasteiger partial charge in [-0.05, 0) is 30.1 Å². The largest absolute Gasteiger partial charge is 0.238 e. The van der Waals surface area contributed by atoms with E-state index in [2.05, 4.69) is 41.5 Å². The Hall–Kier alpha value is 0.240. The molecule has 0 spiro atoms. The number of hydrogen-bond acceptors (Lipinski definition) is 2. The number of halogens is 1. The maximum atomic E-state index is 12.0. The Balaban J connectivity index is 6.23. The molecule has 0 bridgehead atoms. The molecule has 2 nitrogen and oxygen atoms in total. The predicted molar refractivity (Wildman–Crippen MR) is 75.9 cm³/mol. The van der Waals surface area contributed by atoms with Crippen molar-refractivity contribution in [2.75, 3.05) is 0 Å². The van der Waals surface area contributed by atoms with Crippen molar-refractivity contribution in [2.24, 2.45) is 16.2 Å². The van der Waals surface area contributed by atoms with Gasteiger partial charge in [-0.2, -0.15) is 0 Å². The predicted octanol–water partition coefficient (Wildman–Crippen LogP) is 4.43. The minimum absolute atomic E-state index is 0.184. The second-order valence-electron chi connectivity index (χ2n) is 7.57. The van der Waals surface area contributed by atoms with Crippen molar-refractivity contribution >= 4 is 19.7 Å². The fourth-order valence-corrected chi connectivity index (χ4v) is 4.74. The van der Waals surface area contributed by atoms with Gasteiger partial charge < -0.3 is 0 Å². The fourth-order valence-electron chi connectivity index (χ4n) is 3.18. The van der Waals surface area contributed by atoms with Crippen molar-refractivity contribution in [1.82, 2.24) is 0 Å². The van der Waals surface area contributed by atoms with Crippen LogP contribution in [-0.4, -0.2) is 13.2 Å². The summed E-state index contributed by atoms with van der Waals surface area (Å²) < 4.78 is 22.9. The van der Waals surface area contributed by atoms with Crippen molar-refractivity contribution in [3.05, 3.63) is 0 Å². The molecule has 0 aliphatic rings. The summed E-state index contributed by atoms with van der Waals surface area (Å²) in [6, 6.07) is 0. The van der Waals surface area contributed by atoms with Gasteiger partial charge in [0, 0.05) is 10.7 Å². The molecular weight excluding hydrogens is 256 g/mol. The highest BCUT2D eigenvalue weighted by atomic mass is 35.7. The molecule has 0 radical (unpaired) electrons. The lowest BCUT2D eigenvalue weighted by Crippen LogP contribution is -2.59. The molecule has 0 aliphatic heterocycles. The van der Waals surface area contributed by atoms with E-state index in [4.69, 9.17) is 10.7 Å². The topological polar surface area (TPSA) is 34.1 Å². The molecule has 0 aromatic heterocycles. The first-order valence-electron chi connectivity index (χ1n) is 5.94. The summed E-state index contributed by atoms with van der Waals surface area (Å²) in [6.45, 7) is 17.9. The van der Waals surface area contributed by atoms with E-state index in [0.717, 1.165) is 0 Å². The molecule has 4 heteroatoms. The van der Waals surface area contributed by atoms with Gasteiger partial charge in [-0.25, -0.2) is 8.42 Å². The minimum Gasteiger partial charge on any atom is -0.212 e. The molecule has 0 amide bonds. The average molecular weight is 283 g/mol. The van der Waals surface area contributed by atoms with Gasteiger partial charge in [0.05, 0.1) is 4.75 Å². The summed E-state index contributed by atoms with van der Waals surface area (Å²) in [5, 5.41) is 0. The van der Waals surface area contributed by atoms with E-state index in [1.165, 1.54) is 0 Å². The van der Waals surface area contributed by atoms with Crippen LogP contribution in [0.5, 0.6) is 0 Å². The molecule has 0 aromatic rings. The maximum absolute atomic E-state index is 12.0. The number of hydrogen-bond donors (Lipinski definition) is 0. The molecule has 0 unspecified atom stereocenters. The van der Waals surface area contributed by atoms with Crippen molar-refractivity contribution in [2.45, 2.75) is 67.1 Å². The van der Waals surface area contributed by atoms with E-state index in [9.17, 15) is 8.42 Å². The minimum atomic E-state index is -3.65. The van der Waals surface area contributed by atoms with Gasteiger partial charge in [-0.3, -0.25) is 0 Å². The molecule has 0 aliphatic carbocycles. The molecule has 104 valence electrons. The third-order valence-corrected chi connectivity index (χ3v) is 7.60. The zero-order valence-electron chi connectivity index (χ0n) is 12.6. The van der Waals surface area contributed by atoms with Crippen LogP contribution in [0, 0.1) is 16.2 Å². The molecule has 0 saturated carbocycles. The summed E-state index contributed by atoms with van der Waals surface area (Å²) in [5.41, 5.74) is -0.832. The first-order valence-corrected chi connectivity index (χ1v) is 8.25. The zero-order valence-corrected chi connectivity index (χ0v) is 14.2. The lowest BCUT2D eigenvalue weighted by Gasteiger charge is -2.58. The van der Waals surface area contributed by atoms with Gasteiger partial charge in [-0.1, -0.05) is 48.5 Å². The Morgan fingerprint density at radius 2 is 0.941 bits per heavy atom. The van der Waals surface area contributed by atoms with Crippen LogP contribution in [0.3, 0.4) is 0 Å². The monoisotopic (exact) mass is 282 g/mol. The Morgan fingerprint density at radius 3 is 1.00 bits per heavy atom. The molecule has 0 saturated heterocycles. The summed E-state index contributed by atoms with van der Waals surface area (Å²) in [7, 11) is 2.04. The highest BCUT2D eigenvalue weighted by Crippen LogP contribution is 2.60. The smallest absolute Gasteiger partial charge is 0.212 e. The molecule has 0 aromatic carbocycles. The van der Waals surface area contributed by atoms with E-state index < -0.39 is 19.2 Å². The summed E-state index contributed by atoms with van der Waals surface area (Å²) >= 11 is 0. The van der Waals surface area contributed by atoms with E-state index in [-0.39, 0.29) is 10.8 Å². The van der Waals surface area contributed by atoms with Crippen LogP contribution in [0.25, 0.3) is 0 Å². The van der Waals surface area contributed by atoms with E-state index in [0.29, 0.717) is 0 Å². The van der Waals surface area contributed by atoms with Crippen LogP contribution in [0.15, 0.2) is 0 Å². The van der Waals surface area contributed by atoms with Crippen molar-refractivity contribution in [3.8, 4) is 0 Å². The lowest BCUT2D eigenvalue weighted by atomic mass is 9.50. The second kappa shape index (κ2) is 4.12. The molecule has 0 atom stereocenters. The van der Waals surface area contributed by atoms with Gasteiger partial charge >= 0.3 is 0 Å². The van der Waals surface area contributed by atoms with Crippen LogP contribution in [0.1, 0.15) is 62.3 Å². The molecule has 0 fully saturated rings. The quantitative estimate of drug-likeness (QED) is 0.702. The van der Waals surface area contributed by atoms with Crippen LogP contribution < -0.4 is 0 Å². The van der Waals surface area contributed by atoms with Gasteiger partial charge in [0.1, 0.15) is 0 Å². The molecular formula is C13H27ClO2S. The Labute approximate surface area is 112 Å². The van der Waals surface area contributed by atoms with E-state index >= 15 is 0 Å². The Morgan fingerprint density at radius 1 is 0.706 bits per heavy atom. The molecule has 0 N–H and O–H groups in total. The fraction of sp³-hybridized carbons (Fsp3) is 1.00. The van der Waals surface area contributed by atoms with Crippen LogP contribution in [0.4, 0.5) is 0 Å². The van der Waals surface area contributed by atoms with Gasteiger partial charge in [0.25, 0.3) is 0 Å². The van der Waals surface area contributed by atoms with E-state index in [1.807, 2.05) is 6.92 Å².